The highest BCUT2D eigenvalue weighted by Crippen LogP contribution is 2.40. The number of hydrogen-bond acceptors (Lipinski definition) is 18. The van der Waals surface area contributed by atoms with Crippen LogP contribution in [-0.4, -0.2) is 201 Å². The SMILES string of the molecule is Cc1ncsc1-c1ccc([C@H](C)NC(=O)[C@@H]2C[C@@H](O)CN2C(=O)[C@@H](c2cc(N3CCC(CN4CCC(OC5CC(N6CCC(CN7CC8(C7)CN(c7cc(-c9ccccc9O)nnc7N)CCN8C)CC6)C5)CC4)CC3)no2)C(C)C)cc1. The average Bonchev–Trinajstić information content (AvgIpc) is 3.67. The molecule has 19 nitrogen and oxygen atoms in total. The maximum Gasteiger partial charge on any atom is 0.243 e. The second-order valence-electron chi connectivity index (χ2n) is 25.9. The van der Waals surface area contributed by atoms with E-state index < -0.39 is 18.1 Å². The standard InChI is InChI=1S/C63H87N13O6S/c1-40(2)58(62(80)76-35-48(77)30-54(76)61(79)66-41(3)45-10-12-46(13-11-45)59-42(4)65-39-83-59)56-32-57(69-82-56)74-24-16-43(17-25-74)33-71-20-18-49(19-21-71)81-50-28-47(29-50)73-22-14-44(15-23-73)34-72-36-63(37-72)38-75(27-26-70(63)5)53-31-52(67-68-60(53)64)51-8-6-7-9-55(51)78/h6-13,31-32,39-41,43-44,47-50,54,58,77-78H,14-30,33-38H2,1-5H3,(H2,64,68)(H,66,79)/t41-,47?,48+,50?,54-,58+/m0/s1. The molecule has 1 aliphatic carbocycles. The highest BCUT2D eigenvalue weighted by atomic mass is 32.1. The van der Waals surface area contributed by atoms with E-state index in [0.717, 1.165) is 130 Å². The smallest absolute Gasteiger partial charge is 0.243 e. The zero-order valence-corrected chi connectivity index (χ0v) is 50.1. The molecule has 2 amide bonds. The molecule has 0 unspecified atom stereocenters. The lowest BCUT2D eigenvalue weighted by Gasteiger charge is -2.60. The number of aromatic nitrogens is 4. The number of aliphatic hydroxyl groups excluding tert-OH is 1. The number of amides is 2. The number of nitrogens with zero attached hydrogens (tertiary/aromatic N) is 11. The number of β-amino-alcohol motifs (C(OH)–C–C–N with tert-alkyl or cyclic N) is 1. The molecule has 1 spiro atoms. The Labute approximate surface area is 493 Å². The highest BCUT2D eigenvalue weighted by Gasteiger charge is 2.50. The number of hydrogen-bond donors (Lipinski definition) is 4. The number of aryl methyl sites for hydroxylation is 1. The summed E-state index contributed by atoms with van der Waals surface area (Å²) in [5.74, 6) is 1.98. The van der Waals surface area contributed by atoms with Gasteiger partial charge >= 0.3 is 0 Å². The number of likely N-dealkylation sites (N-methyl/N-ethyl adjacent to an activating group) is 1. The van der Waals surface area contributed by atoms with E-state index in [4.69, 9.17) is 15.0 Å². The summed E-state index contributed by atoms with van der Waals surface area (Å²) in [5.41, 5.74) is 13.6. The Bertz CT molecular complexity index is 3010. The Morgan fingerprint density at radius 3 is 2.24 bits per heavy atom. The number of piperidine rings is 3. The second-order valence-corrected chi connectivity index (χ2v) is 26.7. The van der Waals surface area contributed by atoms with Gasteiger partial charge in [-0.3, -0.25) is 19.4 Å². The molecule has 9 heterocycles. The first-order valence-electron chi connectivity index (χ1n) is 30.9. The van der Waals surface area contributed by atoms with E-state index in [9.17, 15) is 19.8 Å². The first-order valence-corrected chi connectivity index (χ1v) is 31.7. The lowest BCUT2D eigenvalue weighted by molar-refractivity contribution is -0.141. The van der Waals surface area contributed by atoms with Crippen molar-refractivity contribution >= 4 is 40.5 Å². The molecule has 0 bridgehead atoms. The number of ether oxygens (including phenoxy) is 1. The Morgan fingerprint density at radius 2 is 1.54 bits per heavy atom. The van der Waals surface area contributed by atoms with E-state index in [1.807, 2.05) is 87.8 Å². The molecule has 7 fully saturated rings. The number of nitrogen functional groups attached to an aromatic ring is 1. The number of aliphatic hydroxyl groups is 1. The lowest BCUT2D eigenvalue weighted by atomic mass is 9.82. The van der Waals surface area contributed by atoms with Crippen LogP contribution in [0.4, 0.5) is 17.3 Å². The number of carbonyl (C=O) groups is 2. The maximum absolute atomic E-state index is 14.4. The molecule has 83 heavy (non-hydrogen) atoms. The first-order chi connectivity index (χ1) is 40.1. The molecule has 3 aromatic heterocycles. The minimum absolute atomic E-state index is 0.0905. The normalized spacial score (nSPS) is 25.2. The summed E-state index contributed by atoms with van der Waals surface area (Å²) in [6.45, 7) is 21.5. The number of nitrogens with two attached hydrogens (primary N) is 1. The average molecular weight is 1150 g/mol. The van der Waals surface area contributed by atoms with Crippen LogP contribution in [0.25, 0.3) is 21.7 Å². The minimum Gasteiger partial charge on any atom is -0.507 e. The molecular formula is C63H87N13O6S. The van der Waals surface area contributed by atoms with Crippen molar-refractivity contribution in [2.45, 2.75) is 133 Å². The molecular weight excluding hydrogens is 1070 g/mol. The Kier molecular flexibility index (Phi) is 17.2. The number of phenolic OH excluding ortho intramolecular Hbond substituents is 1. The molecule has 5 aromatic rings. The molecule has 12 rings (SSSR count). The van der Waals surface area contributed by atoms with Crippen LogP contribution in [0.5, 0.6) is 5.75 Å². The Balaban J connectivity index is 0.535. The van der Waals surface area contributed by atoms with Crippen molar-refractivity contribution in [3.8, 4) is 27.4 Å². The monoisotopic (exact) mass is 1150 g/mol. The summed E-state index contributed by atoms with van der Waals surface area (Å²) in [6.07, 6.45) is 9.37. The number of anilines is 3. The third-order valence-electron chi connectivity index (χ3n) is 19.9. The molecule has 446 valence electrons. The van der Waals surface area contributed by atoms with Crippen LogP contribution in [0.1, 0.15) is 108 Å². The van der Waals surface area contributed by atoms with Gasteiger partial charge < -0.3 is 55.0 Å². The van der Waals surface area contributed by atoms with Crippen molar-refractivity contribution < 1.29 is 29.1 Å². The molecule has 1 saturated carbocycles. The predicted molar refractivity (Wildman–Crippen MR) is 323 cm³/mol. The number of piperazine rings is 1. The van der Waals surface area contributed by atoms with Crippen LogP contribution in [0, 0.1) is 24.7 Å². The molecule has 5 N–H and O–H groups in total. The third-order valence-corrected chi connectivity index (χ3v) is 20.9. The van der Waals surface area contributed by atoms with Crippen LogP contribution < -0.4 is 20.9 Å². The van der Waals surface area contributed by atoms with Crippen molar-refractivity contribution in [1.82, 2.24) is 50.2 Å². The highest BCUT2D eigenvalue weighted by molar-refractivity contribution is 7.13. The number of carbonyl (C=O) groups excluding carboxylic acids is 2. The van der Waals surface area contributed by atoms with Crippen molar-refractivity contribution in [2.75, 3.05) is 114 Å². The lowest BCUT2D eigenvalue weighted by Crippen LogP contribution is -2.76. The number of aromatic hydroxyl groups is 1. The zero-order valence-electron chi connectivity index (χ0n) is 49.3. The van der Waals surface area contributed by atoms with Gasteiger partial charge in [0.2, 0.25) is 11.8 Å². The van der Waals surface area contributed by atoms with Crippen molar-refractivity contribution in [3.05, 3.63) is 83.2 Å². The van der Waals surface area contributed by atoms with Gasteiger partial charge in [-0.2, -0.15) is 0 Å². The van der Waals surface area contributed by atoms with Gasteiger partial charge in [0.25, 0.3) is 0 Å². The Hall–Kier alpha value is -5.74. The van der Waals surface area contributed by atoms with Gasteiger partial charge in [-0.1, -0.05) is 55.4 Å². The van der Waals surface area contributed by atoms with E-state index in [2.05, 4.69) is 62.1 Å². The first kappa shape index (κ1) is 57.7. The molecule has 0 radical (unpaired) electrons. The third kappa shape index (κ3) is 12.5. The van der Waals surface area contributed by atoms with Gasteiger partial charge in [-0.15, -0.1) is 21.5 Å². The fourth-order valence-electron chi connectivity index (χ4n) is 14.7. The van der Waals surface area contributed by atoms with Gasteiger partial charge in [0.15, 0.2) is 17.4 Å². The summed E-state index contributed by atoms with van der Waals surface area (Å²) >= 11 is 1.61. The minimum atomic E-state index is -0.794. The van der Waals surface area contributed by atoms with E-state index in [1.165, 1.54) is 45.3 Å². The zero-order chi connectivity index (χ0) is 57.5. The molecule has 7 aliphatic rings. The van der Waals surface area contributed by atoms with Gasteiger partial charge in [-0.05, 0) is 132 Å². The molecule has 2 aromatic carbocycles. The number of likely N-dealkylation sites (tertiary alicyclic amines) is 4. The molecule has 4 atom stereocenters. The van der Waals surface area contributed by atoms with Gasteiger partial charge in [0, 0.05) is 103 Å². The van der Waals surface area contributed by atoms with Crippen LogP contribution >= 0.6 is 11.3 Å². The maximum atomic E-state index is 14.4. The summed E-state index contributed by atoms with van der Waals surface area (Å²) < 4.78 is 12.7. The van der Waals surface area contributed by atoms with E-state index in [1.54, 1.807) is 22.3 Å². The quantitative estimate of drug-likeness (QED) is 0.0748. The van der Waals surface area contributed by atoms with Crippen LogP contribution in [0.3, 0.4) is 0 Å². The second kappa shape index (κ2) is 24.7. The van der Waals surface area contributed by atoms with Gasteiger partial charge in [0.1, 0.15) is 17.7 Å². The summed E-state index contributed by atoms with van der Waals surface area (Å²) in [7, 11) is 2.27. The number of phenols is 1. The number of benzene rings is 2. The topological polar surface area (TPSA) is 209 Å². The number of rotatable bonds is 17. The van der Waals surface area contributed by atoms with Crippen LogP contribution in [0.15, 0.2) is 70.7 Å². The van der Waals surface area contributed by atoms with Crippen molar-refractivity contribution in [3.63, 3.8) is 0 Å². The van der Waals surface area contributed by atoms with Crippen LogP contribution in [-0.2, 0) is 14.3 Å². The fourth-order valence-corrected chi connectivity index (χ4v) is 15.5. The van der Waals surface area contributed by atoms with E-state index >= 15 is 0 Å². The number of nitrogens with one attached hydrogen (secondary N) is 1. The molecule has 20 heteroatoms. The summed E-state index contributed by atoms with van der Waals surface area (Å²) in [6, 6.07) is 18.9. The number of para-hydroxylation sites is 1. The Morgan fingerprint density at radius 1 is 0.831 bits per heavy atom. The largest absolute Gasteiger partial charge is 0.507 e. The molecule has 6 saturated heterocycles. The van der Waals surface area contributed by atoms with Crippen molar-refractivity contribution in [2.24, 2.45) is 17.8 Å². The summed E-state index contributed by atoms with van der Waals surface area (Å²) in [4.78, 5) is 50.6. The number of thiazole rings is 1. The van der Waals surface area contributed by atoms with E-state index in [-0.39, 0.29) is 48.0 Å². The fraction of sp³-hybridized carbons (Fsp3) is 0.619. The van der Waals surface area contributed by atoms with Gasteiger partial charge in [0.05, 0.1) is 57.4 Å². The van der Waals surface area contributed by atoms with Gasteiger partial charge in [-0.25, -0.2) is 4.98 Å². The molecule has 6 aliphatic heterocycles. The van der Waals surface area contributed by atoms with E-state index in [0.29, 0.717) is 47.0 Å². The van der Waals surface area contributed by atoms with Crippen molar-refractivity contribution in [1.29, 1.82) is 0 Å². The predicted octanol–water partition coefficient (Wildman–Crippen LogP) is 6.88. The summed E-state index contributed by atoms with van der Waals surface area (Å²) in [5, 5.41) is 37.6. The van der Waals surface area contributed by atoms with Crippen LogP contribution in [0.2, 0.25) is 0 Å².